The molecule has 1 amide bonds. The van der Waals surface area contributed by atoms with Gasteiger partial charge in [-0.1, -0.05) is 30.8 Å². The van der Waals surface area contributed by atoms with Crippen molar-refractivity contribution >= 4 is 5.91 Å². The summed E-state index contributed by atoms with van der Waals surface area (Å²) < 4.78 is 5.39. The van der Waals surface area contributed by atoms with Crippen molar-refractivity contribution in [3.05, 3.63) is 11.7 Å². The van der Waals surface area contributed by atoms with Crippen molar-refractivity contribution in [1.82, 2.24) is 15.0 Å². The first kappa shape index (κ1) is 14.2. The van der Waals surface area contributed by atoms with Gasteiger partial charge in [-0.2, -0.15) is 4.98 Å². The molecule has 0 N–H and O–H groups in total. The quantitative estimate of drug-likeness (QED) is 0.810. The molecule has 1 saturated heterocycles. The zero-order valence-corrected chi connectivity index (χ0v) is 13.2. The molecule has 2 heterocycles. The summed E-state index contributed by atoms with van der Waals surface area (Å²) in [5.74, 6) is 3.48. The number of aryl methyl sites for hydroxylation is 1. The monoisotopic (exact) mass is 303 g/mol. The summed E-state index contributed by atoms with van der Waals surface area (Å²) in [6.45, 7) is 1.71. The van der Waals surface area contributed by atoms with Gasteiger partial charge in [0.05, 0.1) is 0 Å². The minimum absolute atomic E-state index is 0.133. The van der Waals surface area contributed by atoms with E-state index in [9.17, 15) is 4.79 Å². The first-order valence-corrected chi connectivity index (χ1v) is 8.88. The van der Waals surface area contributed by atoms with Crippen LogP contribution in [0.4, 0.5) is 0 Å². The van der Waals surface area contributed by atoms with Crippen LogP contribution in [0.25, 0.3) is 0 Å². The van der Waals surface area contributed by atoms with Crippen molar-refractivity contribution in [1.29, 1.82) is 0 Å². The Balaban J connectivity index is 1.31. The third-order valence-electron chi connectivity index (χ3n) is 5.76. The van der Waals surface area contributed by atoms with Crippen LogP contribution >= 0.6 is 0 Å². The summed E-state index contributed by atoms with van der Waals surface area (Å²) >= 11 is 0. The summed E-state index contributed by atoms with van der Waals surface area (Å²) in [6.07, 6.45) is 10.6. The van der Waals surface area contributed by atoms with Gasteiger partial charge in [-0.15, -0.1) is 0 Å². The standard InChI is InChI=1S/C17H25N3O2/c21-16-9-14(11-20(16)10-13-5-2-6-13)17-18-15(22-19-17)8-7-12-3-1-4-12/h12-14H,1-11H2/t14-/m1/s1. The van der Waals surface area contributed by atoms with Crippen LogP contribution in [-0.2, 0) is 11.2 Å². The van der Waals surface area contributed by atoms with Gasteiger partial charge in [-0.3, -0.25) is 4.79 Å². The molecule has 0 spiro atoms. The predicted molar refractivity (Wildman–Crippen MR) is 81.2 cm³/mol. The molecule has 2 aliphatic carbocycles. The minimum Gasteiger partial charge on any atom is -0.342 e. The fourth-order valence-corrected chi connectivity index (χ4v) is 3.75. The largest absolute Gasteiger partial charge is 0.342 e. The second-order valence-electron chi connectivity index (χ2n) is 7.38. The zero-order valence-electron chi connectivity index (χ0n) is 13.2. The fourth-order valence-electron chi connectivity index (χ4n) is 3.75. The molecule has 1 aromatic heterocycles. The first-order valence-electron chi connectivity index (χ1n) is 8.88. The van der Waals surface area contributed by atoms with Crippen LogP contribution in [0.3, 0.4) is 0 Å². The Morgan fingerprint density at radius 2 is 1.91 bits per heavy atom. The van der Waals surface area contributed by atoms with E-state index >= 15 is 0 Å². The van der Waals surface area contributed by atoms with Crippen molar-refractivity contribution in [2.24, 2.45) is 11.8 Å². The molecule has 0 aromatic carbocycles. The number of carbonyl (C=O) groups excluding carboxylic acids is 1. The molecule has 3 fully saturated rings. The van der Waals surface area contributed by atoms with Crippen LogP contribution in [0.5, 0.6) is 0 Å². The Bertz CT molecular complexity index is 534. The molecular formula is C17H25N3O2. The number of amides is 1. The second kappa shape index (κ2) is 6.01. The van der Waals surface area contributed by atoms with E-state index in [1.807, 2.05) is 4.90 Å². The van der Waals surface area contributed by atoms with E-state index in [-0.39, 0.29) is 11.8 Å². The van der Waals surface area contributed by atoms with Crippen LogP contribution < -0.4 is 0 Å². The lowest BCUT2D eigenvalue weighted by molar-refractivity contribution is -0.128. The van der Waals surface area contributed by atoms with E-state index in [0.29, 0.717) is 6.42 Å². The number of aromatic nitrogens is 2. The Kier molecular flexibility index (Phi) is 3.89. The Hall–Kier alpha value is -1.39. The lowest BCUT2D eigenvalue weighted by atomic mass is 9.82. The molecule has 1 aliphatic heterocycles. The molecule has 5 heteroatoms. The van der Waals surface area contributed by atoms with Crippen molar-refractivity contribution in [3.63, 3.8) is 0 Å². The number of carbonyl (C=O) groups is 1. The van der Waals surface area contributed by atoms with Crippen LogP contribution in [0.2, 0.25) is 0 Å². The molecule has 2 saturated carbocycles. The van der Waals surface area contributed by atoms with Crippen molar-refractivity contribution < 1.29 is 9.32 Å². The molecule has 3 aliphatic rings. The topological polar surface area (TPSA) is 59.2 Å². The third-order valence-corrected chi connectivity index (χ3v) is 5.76. The average molecular weight is 303 g/mol. The highest BCUT2D eigenvalue weighted by Crippen LogP contribution is 2.33. The summed E-state index contributed by atoms with van der Waals surface area (Å²) in [5, 5.41) is 4.14. The Morgan fingerprint density at radius 1 is 1.14 bits per heavy atom. The lowest BCUT2D eigenvalue weighted by Crippen LogP contribution is -2.33. The number of rotatable bonds is 6. The molecule has 120 valence electrons. The van der Waals surface area contributed by atoms with Crippen molar-refractivity contribution in [2.45, 2.75) is 63.7 Å². The number of likely N-dealkylation sites (tertiary alicyclic amines) is 1. The van der Waals surface area contributed by atoms with Gasteiger partial charge >= 0.3 is 0 Å². The maximum Gasteiger partial charge on any atom is 0.226 e. The van der Waals surface area contributed by atoms with E-state index in [1.165, 1.54) is 44.9 Å². The van der Waals surface area contributed by atoms with Gasteiger partial charge in [0.1, 0.15) is 0 Å². The van der Waals surface area contributed by atoms with Gasteiger partial charge in [0.2, 0.25) is 11.8 Å². The van der Waals surface area contributed by atoms with E-state index in [1.54, 1.807) is 0 Å². The van der Waals surface area contributed by atoms with E-state index in [0.717, 1.165) is 43.1 Å². The zero-order chi connectivity index (χ0) is 14.9. The number of nitrogens with zero attached hydrogens (tertiary/aromatic N) is 3. The summed E-state index contributed by atoms with van der Waals surface area (Å²) in [5.41, 5.74) is 0. The molecule has 5 nitrogen and oxygen atoms in total. The minimum atomic E-state index is 0.133. The Morgan fingerprint density at radius 3 is 2.59 bits per heavy atom. The number of hydrogen-bond donors (Lipinski definition) is 0. The first-order chi connectivity index (χ1) is 10.8. The molecule has 0 radical (unpaired) electrons. The van der Waals surface area contributed by atoms with Gasteiger partial charge in [0.25, 0.3) is 0 Å². The van der Waals surface area contributed by atoms with Gasteiger partial charge in [-0.05, 0) is 31.1 Å². The predicted octanol–water partition coefficient (Wildman–Crippen LogP) is 2.92. The lowest BCUT2D eigenvalue weighted by Gasteiger charge is -2.30. The van der Waals surface area contributed by atoms with Crippen molar-refractivity contribution in [3.8, 4) is 0 Å². The van der Waals surface area contributed by atoms with Gasteiger partial charge in [0.15, 0.2) is 5.82 Å². The van der Waals surface area contributed by atoms with E-state index in [4.69, 9.17) is 4.52 Å². The summed E-state index contributed by atoms with van der Waals surface area (Å²) in [7, 11) is 0. The van der Waals surface area contributed by atoms with Crippen molar-refractivity contribution in [2.75, 3.05) is 13.1 Å². The third kappa shape index (κ3) is 2.90. The normalized spacial score (nSPS) is 26.3. The maximum atomic E-state index is 12.1. The van der Waals surface area contributed by atoms with Gasteiger partial charge in [-0.25, -0.2) is 0 Å². The molecule has 1 aromatic rings. The van der Waals surface area contributed by atoms with Crippen LogP contribution in [0.15, 0.2) is 4.52 Å². The SMILES string of the molecule is O=C1C[C@@H](c2noc(CCC3CCC3)n2)CN1CC1CCC1. The fraction of sp³-hybridized carbons (Fsp3) is 0.824. The summed E-state index contributed by atoms with van der Waals surface area (Å²) in [4.78, 5) is 18.7. The maximum absolute atomic E-state index is 12.1. The van der Waals surface area contributed by atoms with Crippen LogP contribution in [-0.4, -0.2) is 34.0 Å². The highest BCUT2D eigenvalue weighted by molar-refractivity contribution is 5.79. The molecule has 0 bridgehead atoms. The van der Waals surface area contributed by atoms with Crippen LogP contribution in [0, 0.1) is 11.8 Å². The Labute approximate surface area is 131 Å². The van der Waals surface area contributed by atoms with Gasteiger partial charge in [0, 0.05) is 31.8 Å². The highest BCUT2D eigenvalue weighted by Gasteiger charge is 2.35. The molecule has 22 heavy (non-hydrogen) atoms. The smallest absolute Gasteiger partial charge is 0.226 e. The van der Waals surface area contributed by atoms with Gasteiger partial charge < -0.3 is 9.42 Å². The molecule has 1 atom stereocenters. The highest BCUT2D eigenvalue weighted by atomic mass is 16.5. The van der Waals surface area contributed by atoms with Crippen LogP contribution in [0.1, 0.15) is 69.0 Å². The molecule has 4 rings (SSSR count). The molecule has 0 unspecified atom stereocenters. The summed E-state index contributed by atoms with van der Waals surface area (Å²) in [6, 6.07) is 0. The van der Waals surface area contributed by atoms with E-state index < -0.39 is 0 Å². The molecular weight excluding hydrogens is 278 g/mol. The average Bonchev–Trinajstić information content (AvgIpc) is 2.99. The van der Waals surface area contributed by atoms with E-state index in [2.05, 4.69) is 10.1 Å². The second-order valence-corrected chi connectivity index (χ2v) is 7.38. The number of hydrogen-bond acceptors (Lipinski definition) is 4.